The van der Waals surface area contributed by atoms with Crippen LogP contribution in [0.25, 0.3) is 0 Å². The predicted octanol–water partition coefficient (Wildman–Crippen LogP) is 3.45. The van der Waals surface area contributed by atoms with Crippen molar-refractivity contribution in [3.8, 4) is 0 Å². The normalized spacial score (nSPS) is 19.1. The Hall–Kier alpha value is -3.19. The van der Waals surface area contributed by atoms with Gasteiger partial charge in [-0.2, -0.15) is 0 Å². The smallest absolute Gasteiger partial charge is 0.339 e. The van der Waals surface area contributed by atoms with Crippen LogP contribution in [0.2, 0.25) is 0 Å². The number of rotatable bonds is 6. The van der Waals surface area contributed by atoms with Gasteiger partial charge in [0.25, 0.3) is 0 Å². The van der Waals surface area contributed by atoms with Gasteiger partial charge in [-0.3, -0.25) is 14.5 Å². The Morgan fingerprint density at radius 2 is 1.75 bits per heavy atom. The van der Waals surface area contributed by atoms with Crippen LogP contribution in [0, 0.1) is 5.92 Å². The first-order valence-electron chi connectivity index (χ1n) is 11.1. The van der Waals surface area contributed by atoms with Crippen molar-refractivity contribution in [2.45, 2.75) is 32.2 Å². The minimum Gasteiger partial charge on any atom is -0.465 e. The van der Waals surface area contributed by atoms with Gasteiger partial charge in [0.1, 0.15) is 0 Å². The molecule has 2 fully saturated rings. The summed E-state index contributed by atoms with van der Waals surface area (Å²) in [5.41, 5.74) is 2.74. The summed E-state index contributed by atoms with van der Waals surface area (Å²) >= 11 is 0. The van der Waals surface area contributed by atoms with E-state index < -0.39 is 11.9 Å². The zero-order chi connectivity index (χ0) is 22.5. The highest BCUT2D eigenvalue weighted by Gasteiger charge is 2.36. The second-order valence-corrected chi connectivity index (χ2v) is 8.44. The summed E-state index contributed by atoms with van der Waals surface area (Å²) in [5, 5.41) is 2.93. The number of hydrogen-bond donors (Lipinski definition) is 1. The summed E-state index contributed by atoms with van der Waals surface area (Å²) in [4.78, 5) is 41.5. The summed E-state index contributed by atoms with van der Waals surface area (Å²) in [6, 6.07) is 14.7. The number of amides is 2. The molecule has 1 N–H and O–H groups in total. The lowest BCUT2D eigenvalue weighted by Crippen LogP contribution is -2.29. The maximum atomic E-state index is 12.8. The lowest BCUT2D eigenvalue weighted by molar-refractivity contribution is -0.122. The molecule has 2 aromatic carbocycles. The highest BCUT2D eigenvalue weighted by atomic mass is 16.5. The van der Waals surface area contributed by atoms with Crippen molar-refractivity contribution in [3.05, 3.63) is 59.7 Å². The van der Waals surface area contributed by atoms with E-state index in [4.69, 9.17) is 4.74 Å². The molecule has 168 valence electrons. The largest absolute Gasteiger partial charge is 0.465 e. The molecule has 4 rings (SSSR count). The third kappa shape index (κ3) is 4.99. The lowest BCUT2D eigenvalue weighted by atomic mass is 10.1. The minimum absolute atomic E-state index is 0.106. The third-order valence-corrected chi connectivity index (χ3v) is 6.17. The fourth-order valence-electron chi connectivity index (χ4n) is 4.42. The topological polar surface area (TPSA) is 79.0 Å². The van der Waals surface area contributed by atoms with Gasteiger partial charge in [-0.1, -0.05) is 30.7 Å². The van der Waals surface area contributed by atoms with Gasteiger partial charge < -0.3 is 15.0 Å². The summed E-state index contributed by atoms with van der Waals surface area (Å²) < 4.78 is 4.82. The molecule has 2 saturated heterocycles. The van der Waals surface area contributed by atoms with Gasteiger partial charge in [0.2, 0.25) is 11.8 Å². The Balaban J connectivity index is 1.37. The molecule has 0 bridgehead atoms. The molecule has 2 aromatic rings. The van der Waals surface area contributed by atoms with Crippen molar-refractivity contribution >= 4 is 29.2 Å². The summed E-state index contributed by atoms with van der Waals surface area (Å²) in [6.45, 7) is 3.44. The van der Waals surface area contributed by atoms with Gasteiger partial charge in [0.15, 0.2) is 0 Å². The van der Waals surface area contributed by atoms with Gasteiger partial charge in [0.05, 0.1) is 24.3 Å². The number of hydrogen-bond acceptors (Lipinski definition) is 5. The molecule has 0 spiro atoms. The molecule has 0 aliphatic carbocycles. The SMILES string of the molecule is COC(=O)c1ccccc1N1CC(C(=O)Nc2ccc(CN3CCCCC3)cc2)CC1=O. The number of anilines is 2. The van der Waals surface area contributed by atoms with Crippen LogP contribution in [0.4, 0.5) is 11.4 Å². The van der Waals surface area contributed by atoms with E-state index in [1.807, 2.05) is 24.3 Å². The van der Waals surface area contributed by atoms with Gasteiger partial charge in [-0.25, -0.2) is 4.79 Å². The molecular formula is C25H29N3O4. The highest BCUT2D eigenvalue weighted by molar-refractivity contribution is 6.07. The van der Waals surface area contributed by atoms with Crippen molar-refractivity contribution in [1.82, 2.24) is 4.90 Å². The summed E-state index contributed by atoms with van der Waals surface area (Å²) in [6.07, 6.45) is 3.94. The zero-order valence-electron chi connectivity index (χ0n) is 18.4. The van der Waals surface area contributed by atoms with Crippen molar-refractivity contribution < 1.29 is 19.1 Å². The maximum absolute atomic E-state index is 12.8. The van der Waals surface area contributed by atoms with Crippen LogP contribution in [0.3, 0.4) is 0 Å². The van der Waals surface area contributed by atoms with E-state index in [9.17, 15) is 14.4 Å². The van der Waals surface area contributed by atoms with Gasteiger partial charge in [0, 0.05) is 25.2 Å². The Morgan fingerprint density at radius 3 is 2.47 bits per heavy atom. The number of likely N-dealkylation sites (tertiary alicyclic amines) is 1. The Morgan fingerprint density at radius 1 is 1.03 bits per heavy atom. The highest BCUT2D eigenvalue weighted by Crippen LogP contribution is 2.29. The molecule has 0 radical (unpaired) electrons. The van der Waals surface area contributed by atoms with E-state index in [1.54, 1.807) is 24.3 Å². The van der Waals surface area contributed by atoms with E-state index in [0.717, 1.165) is 25.3 Å². The van der Waals surface area contributed by atoms with Crippen LogP contribution in [0.15, 0.2) is 48.5 Å². The van der Waals surface area contributed by atoms with Crippen molar-refractivity contribution in [2.75, 3.05) is 37.0 Å². The van der Waals surface area contributed by atoms with Crippen LogP contribution in [0.1, 0.15) is 41.6 Å². The number of nitrogens with one attached hydrogen (secondary N) is 1. The van der Waals surface area contributed by atoms with Gasteiger partial charge in [-0.15, -0.1) is 0 Å². The predicted molar refractivity (Wildman–Crippen MR) is 122 cm³/mol. The number of carbonyl (C=O) groups is 3. The standard InChI is InChI=1S/C25H29N3O4/c1-32-25(31)21-7-3-4-8-22(21)28-17-19(15-23(28)29)24(30)26-20-11-9-18(10-12-20)16-27-13-5-2-6-14-27/h3-4,7-12,19H,2,5-6,13-17H2,1H3,(H,26,30). The number of ether oxygens (including phenoxy) is 1. The van der Waals surface area contributed by atoms with Crippen LogP contribution in [-0.4, -0.2) is 49.4 Å². The van der Waals surface area contributed by atoms with Crippen molar-refractivity contribution in [3.63, 3.8) is 0 Å². The number of esters is 1. The Bertz CT molecular complexity index is 983. The average molecular weight is 436 g/mol. The van der Waals surface area contributed by atoms with E-state index >= 15 is 0 Å². The molecular weight excluding hydrogens is 406 g/mol. The molecule has 1 atom stereocenters. The monoisotopic (exact) mass is 435 g/mol. The average Bonchev–Trinajstić information content (AvgIpc) is 3.22. The first-order chi connectivity index (χ1) is 15.5. The maximum Gasteiger partial charge on any atom is 0.339 e. The molecule has 1 unspecified atom stereocenters. The van der Waals surface area contributed by atoms with Crippen LogP contribution < -0.4 is 10.2 Å². The molecule has 7 heteroatoms. The number of methoxy groups -OCH3 is 1. The molecule has 2 amide bonds. The van der Waals surface area contributed by atoms with E-state index in [0.29, 0.717) is 11.3 Å². The molecule has 2 aliphatic rings. The van der Waals surface area contributed by atoms with Crippen LogP contribution >= 0.6 is 0 Å². The molecule has 2 aliphatic heterocycles. The first-order valence-corrected chi connectivity index (χ1v) is 11.1. The fraction of sp³-hybridized carbons (Fsp3) is 0.400. The van der Waals surface area contributed by atoms with E-state index in [-0.39, 0.29) is 24.8 Å². The second-order valence-electron chi connectivity index (χ2n) is 8.44. The van der Waals surface area contributed by atoms with Gasteiger partial charge >= 0.3 is 5.97 Å². The van der Waals surface area contributed by atoms with Crippen molar-refractivity contribution in [1.29, 1.82) is 0 Å². The molecule has 2 heterocycles. The number of carbonyl (C=O) groups excluding carboxylic acids is 3. The Kier molecular flexibility index (Phi) is 6.85. The molecule has 7 nitrogen and oxygen atoms in total. The van der Waals surface area contributed by atoms with Crippen LogP contribution in [0.5, 0.6) is 0 Å². The van der Waals surface area contributed by atoms with E-state index in [1.165, 1.54) is 36.8 Å². The molecule has 32 heavy (non-hydrogen) atoms. The third-order valence-electron chi connectivity index (χ3n) is 6.17. The van der Waals surface area contributed by atoms with Gasteiger partial charge in [-0.05, 0) is 55.8 Å². The van der Waals surface area contributed by atoms with Crippen LogP contribution in [-0.2, 0) is 20.9 Å². The number of para-hydroxylation sites is 1. The lowest BCUT2D eigenvalue weighted by Gasteiger charge is -2.26. The quantitative estimate of drug-likeness (QED) is 0.703. The number of nitrogens with zero attached hydrogens (tertiary/aromatic N) is 2. The first kappa shape index (κ1) is 22.0. The minimum atomic E-state index is -0.508. The fourth-order valence-corrected chi connectivity index (χ4v) is 4.42. The number of benzene rings is 2. The van der Waals surface area contributed by atoms with Crippen molar-refractivity contribution in [2.24, 2.45) is 5.92 Å². The summed E-state index contributed by atoms with van der Waals surface area (Å²) in [7, 11) is 1.30. The second kappa shape index (κ2) is 9.96. The summed E-state index contributed by atoms with van der Waals surface area (Å²) in [5.74, 6) is -1.37. The molecule has 0 saturated carbocycles. The zero-order valence-corrected chi connectivity index (χ0v) is 18.4. The number of piperidine rings is 1. The van der Waals surface area contributed by atoms with E-state index in [2.05, 4.69) is 10.2 Å². The Labute approximate surface area is 188 Å². The molecule has 0 aromatic heterocycles.